The minimum atomic E-state index is -1.24. The summed E-state index contributed by atoms with van der Waals surface area (Å²) >= 11 is 0. The van der Waals surface area contributed by atoms with Crippen molar-refractivity contribution in [1.82, 2.24) is 4.90 Å². The number of likely N-dealkylation sites (N-methyl/N-ethyl adjacent to an activating group) is 1. The van der Waals surface area contributed by atoms with Gasteiger partial charge < -0.3 is 19.2 Å². The predicted octanol–water partition coefficient (Wildman–Crippen LogP) is 1.89. The summed E-state index contributed by atoms with van der Waals surface area (Å²) in [6.07, 6.45) is 3.15. The topological polar surface area (TPSA) is 62.9 Å². The van der Waals surface area contributed by atoms with Crippen LogP contribution >= 0.6 is 0 Å². The monoisotopic (exact) mass is 261 g/mol. The average molecular weight is 261 g/mol. The van der Waals surface area contributed by atoms with E-state index >= 15 is 0 Å². The predicted molar refractivity (Wildman–Crippen MR) is 69.4 cm³/mol. The van der Waals surface area contributed by atoms with Crippen LogP contribution in [0.3, 0.4) is 0 Å². The molecule has 1 aromatic rings. The summed E-state index contributed by atoms with van der Waals surface area (Å²) in [7, 11) is 1.62. The maximum Gasteiger partial charge on any atom is 0.217 e. The van der Waals surface area contributed by atoms with Gasteiger partial charge >= 0.3 is 0 Å². The molecular weight excluding hydrogens is 246 g/mol. The number of furan rings is 1. The van der Waals surface area contributed by atoms with Crippen LogP contribution in [0.5, 0.6) is 0 Å². The van der Waals surface area contributed by atoms with Crippen LogP contribution in [0.15, 0.2) is 53.1 Å². The fourth-order valence-corrected chi connectivity index (χ4v) is 2.03. The summed E-state index contributed by atoms with van der Waals surface area (Å²) in [6.45, 7) is 5.21. The number of Topliss-reactive ketones (excluding diaryl/α,β-unsaturated/α-hetero) is 1. The van der Waals surface area contributed by atoms with E-state index in [1.807, 2.05) is 0 Å². The largest absolute Gasteiger partial charge is 0.465 e. The molecule has 5 heteroatoms. The lowest BCUT2D eigenvalue weighted by atomic mass is 10.1. The zero-order chi connectivity index (χ0) is 14.0. The van der Waals surface area contributed by atoms with E-state index in [0.29, 0.717) is 17.2 Å². The van der Waals surface area contributed by atoms with Gasteiger partial charge in [0, 0.05) is 7.05 Å². The Balaban J connectivity index is 2.60. The summed E-state index contributed by atoms with van der Waals surface area (Å²) in [5.41, 5.74) is 0.782. The average Bonchev–Trinajstić information content (AvgIpc) is 2.99. The van der Waals surface area contributed by atoms with Gasteiger partial charge in [-0.25, -0.2) is 0 Å². The molecule has 2 heterocycles. The number of carbonyl (C=O) groups excluding carboxylic acids is 1. The lowest BCUT2D eigenvalue weighted by Gasteiger charge is -2.17. The third-order valence-corrected chi connectivity index (χ3v) is 2.91. The first-order chi connectivity index (χ1) is 9.11. The Bertz CT molecular complexity index is 554. The van der Waals surface area contributed by atoms with Gasteiger partial charge in [0.1, 0.15) is 5.76 Å². The number of hydrogen-bond donors (Lipinski definition) is 1. The van der Waals surface area contributed by atoms with Gasteiger partial charge in [0.25, 0.3) is 0 Å². The van der Waals surface area contributed by atoms with Crippen LogP contribution in [0, 0.1) is 0 Å². The van der Waals surface area contributed by atoms with Gasteiger partial charge in [-0.1, -0.05) is 6.58 Å². The second-order valence-corrected chi connectivity index (χ2v) is 3.99. The first-order valence-corrected chi connectivity index (χ1v) is 5.79. The van der Waals surface area contributed by atoms with E-state index in [-0.39, 0.29) is 5.57 Å². The lowest BCUT2D eigenvalue weighted by molar-refractivity contribution is -0.126. The Morgan fingerprint density at radius 2 is 2.37 bits per heavy atom. The van der Waals surface area contributed by atoms with Crippen LogP contribution in [0.2, 0.25) is 0 Å². The molecule has 5 nitrogen and oxygen atoms in total. The normalized spacial score (nSPS) is 20.2. The summed E-state index contributed by atoms with van der Waals surface area (Å²) in [6, 6.07) is 3.44. The van der Waals surface area contributed by atoms with Crippen LogP contribution < -0.4 is 0 Å². The van der Waals surface area contributed by atoms with E-state index < -0.39 is 12.0 Å². The van der Waals surface area contributed by atoms with Gasteiger partial charge in [-0.05, 0) is 25.1 Å². The van der Waals surface area contributed by atoms with E-state index in [0.717, 1.165) is 0 Å². The van der Waals surface area contributed by atoms with Crippen molar-refractivity contribution in [1.29, 1.82) is 0 Å². The van der Waals surface area contributed by atoms with Gasteiger partial charge in [0.15, 0.2) is 12.0 Å². The molecular formula is C14H15NO4. The highest BCUT2D eigenvalue weighted by molar-refractivity contribution is 6.11. The summed E-state index contributed by atoms with van der Waals surface area (Å²) in [5, 5.41) is 9.90. The number of rotatable bonds is 4. The Morgan fingerprint density at radius 3 is 2.89 bits per heavy atom. The van der Waals surface area contributed by atoms with Gasteiger partial charge in [0.05, 0.1) is 23.8 Å². The van der Waals surface area contributed by atoms with Gasteiger partial charge in [-0.15, -0.1) is 0 Å². The van der Waals surface area contributed by atoms with Crippen LogP contribution in [0.1, 0.15) is 12.7 Å². The van der Waals surface area contributed by atoms with Crippen LogP contribution in [-0.2, 0) is 9.53 Å². The summed E-state index contributed by atoms with van der Waals surface area (Å²) in [5.74, 6) is 0.410. The minimum Gasteiger partial charge on any atom is -0.465 e. The number of allylic oxidation sites excluding steroid dienone is 2. The van der Waals surface area contributed by atoms with Crippen molar-refractivity contribution in [2.24, 2.45) is 0 Å². The molecule has 0 saturated carbocycles. The first kappa shape index (κ1) is 13.2. The van der Waals surface area contributed by atoms with E-state index in [1.54, 1.807) is 32.2 Å². The third kappa shape index (κ3) is 2.08. The molecule has 0 saturated heterocycles. The molecule has 1 aliphatic heterocycles. The number of ether oxygens (including phenoxy) is 1. The highest BCUT2D eigenvalue weighted by Crippen LogP contribution is 2.35. The van der Waals surface area contributed by atoms with Crippen LogP contribution in [-0.4, -0.2) is 29.1 Å². The standard InChI is InChI=1S/C14H15NO4/c1-4-9(18-5-2)11-12(10-7-6-8-19-10)15(3)14(17)13(11)16/h4-8,14,17H,2H2,1,3H3/b9-4-. The smallest absolute Gasteiger partial charge is 0.217 e. The highest BCUT2D eigenvalue weighted by atomic mass is 16.5. The second-order valence-electron chi connectivity index (χ2n) is 3.99. The number of ketones is 1. The molecule has 0 bridgehead atoms. The summed E-state index contributed by atoms with van der Waals surface area (Å²) < 4.78 is 10.6. The van der Waals surface area contributed by atoms with Gasteiger partial charge in [0.2, 0.25) is 5.78 Å². The fourth-order valence-electron chi connectivity index (χ4n) is 2.03. The molecule has 0 fully saturated rings. The molecule has 0 amide bonds. The van der Waals surface area contributed by atoms with E-state index in [9.17, 15) is 9.90 Å². The lowest BCUT2D eigenvalue weighted by Crippen LogP contribution is -2.30. The van der Waals surface area contributed by atoms with Crippen molar-refractivity contribution >= 4 is 11.5 Å². The molecule has 1 N–H and O–H groups in total. The quantitative estimate of drug-likeness (QED) is 0.838. The van der Waals surface area contributed by atoms with Crippen molar-refractivity contribution in [2.75, 3.05) is 7.05 Å². The number of aliphatic hydroxyl groups excluding tert-OH is 1. The summed E-state index contributed by atoms with van der Waals surface area (Å²) in [4.78, 5) is 13.6. The molecule has 1 aromatic heterocycles. The van der Waals surface area contributed by atoms with E-state index in [1.165, 1.54) is 17.4 Å². The SMILES string of the molecule is C=CO/C(=C\C)C1=C(c2ccco2)N(C)C(O)C1=O. The molecule has 0 spiro atoms. The fraction of sp³-hybridized carbons (Fsp3) is 0.214. The minimum absolute atomic E-state index is 0.285. The van der Waals surface area contributed by atoms with Crippen molar-refractivity contribution in [3.05, 3.63) is 54.4 Å². The Labute approximate surface area is 111 Å². The Morgan fingerprint density at radius 1 is 1.63 bits per heavy atom. The van der Waals surface area contributed by atoms with Crippen molar-refractivity contribution in [3.8, 4) is 0 Å². The van der Waals surface area contributed by atoms with Gasteiger partial charge in [-0.3, -0.25) is 4.79 Å². The highest BCUT2D eigenvalue weighted by Gasteiger charge is 2.40. The van der Waals surface area contributed by atoms with Crippen molar-refractivity contribution in [3.63, 3.8) is 0 Å². The van der Waals surface area contributed by atoms with Crippen molar-refractivity contribution in [2.45, 2.75) is 13.2 Å². The number of nitrogens with zero attached hydrogens (tertiary/aromatic N) is 1. The second kappa shape index (κ2) is 5.16. The van der Waals surface area contributed by atoms with E-state index in [2.05, 4.69) is 6.58 Å². The Kier molecular flexibility index (Phi) is 3.57. The molecule has 0 aliphatic carbocycles. The molecule has 1 atom stereocenters. The molecule has 2 rings (SSSR count). The van der Waals surface area contributed by atoms with Gasteiger partial charge in [-0.2, -0.15) is 0 Å². The van der Waals surface area contributed by atoms with E-state index in [4.69, 9.17) is 9.15 Å². The van der Waals surface area contributed by atoms with Crippen LogP contribution in [0.4, 0.5) is 0 Å². The first-order valence-electron chi connectivity index (χ1n) is 5.79. The molecule has 1 unspecified atom stereocenters. The number of hydrogen-bond acceptors (Lipinski definition) is 5. The maximum absolute atomic E-state index is 12.2. The maximum atomic E-state index is 12.2. The van der Waals surface area contributed by atoms with Crippen molar-refractivity contribution < 1.29 is 19.1 Å². The molecule has 100 valence electrons. The Hall–Kier alpha value is -2.27. The molecule has 0 aromatic carbocycles. The number of carbonyl (C=O) groups is 1. The molecule has 0 radical (unpaired) electrons. The third-order valence-electron chi connectivity index (χ3n) is 2.91. The zero-order valence-electron chi connectivity index (χ0n) is 10.8. The van der Waals surface area contributed by atoms with Crippen LogP contribution in [0.25, 0.3) is 5.70 Å². The number of aliphatic hydroxyl groups is 1. The molecule has 1 aliphatic rings. The molecule has 19 heavy (non-hydrogen) atoms. The zero-order valence-corrected chi connectivity index (χ0v) is 10.8.